The van der Waals surface area contributed by atoms with Gasteiger partial charge in [0.05, 0.1) is 18.6 Å². The van der Waals surface area contributed by atoms with Crippen LogP contribution in [0.25, 0.3) is 11.0 Å². The van der Waals surface area contributed by atoms with Crippen molar-refractivity contribution in [3.8, 4) is 0 Å². The molecule has 1 aromatic heterocycles. The second kappa shape index (κ2) is 9.30. The molecular formula is C26H27F2N3O4. The predicted octanol–water partition coefficient (Wildman–Crippen LogP) is 3.56. The number of anilines is 2. The van der Waals surface area contributed by atoms with Crippen LogP contribution < -0.4 is 15.2 Å². The molecular weight excluding hydrogens is 456 g/mol. The number of morpholine rings is 1. The monoisotopic (exact) mass is 483 g/mol. The quantitative estimate of drug-likeness (QED) is 0.553. The molecule has 2 aromatic carbocycles. The summed E-state index contributed by atoms with van der Waals surface area (Å²) in [6.07, 6.45) is 0.444. The van der Waals surface area contributed by atoms with E-state index >= 15 is 0 Å². The number of halogens is 2. The molecule has 2 aliphatic heterocycles. The van der Waals surface area contributed by atoms with Crippen molar-refractivity contribution >= 4 is 28.4 Å². The molecule has 0 atom stereocenters. The van der Waals surface area contributed by atoms with Crippen LogP contribution in [0, 0.1) is 11.6 Å². The Balaban J connectivity index is 1.63. The molecule has 0 bridgehead atoms. The molecule has 35 heavy (non-hydrogen) atoms. The van der Waals surface area contributed by atoms with Gasteiger partial charge < -0.3 is 23.9 Å². The van der Waals surface area contributed by atoms with Crippen LogP contribution in [-0.4, -0.2) is 57.2 Å². The minimum Gasteiger partial charge on any atom is -0.440 e. The lowest BCUT2D eigenvalue weighted by atomic mass is 10.0. The third kappa shape index (κ3) is 4.36. The number of hydrogen-bond acceptors (Lipinski definition) is 6. The largest absolute Gasteiger partial charge is 0.440 e. The van der Waals surface area contributed by atoms with E-state index < -0.39 is 11.6 Å². The van der Waals surface area contributed by atoms with Gasteiger partial charge in [0.15, 0.2) is 11.3 Å². The van der Waals surface area contributed by atoms with Gasteiger partial charge in [-0.1, -0.05) is 0 Å². The fourth-order valence-electron chi connectivity index (χ4n) is 4.72. The lowest BCUT2D eigenvalue weighted by Gasteiger charge is -2.27. The summed E-state index contributed by atoms with van der Waals surface area (Å²) in [5.41, 5.74) is 2.05. The first kappa shape index (κ1) is 23.3. The zero-order chi connectivity index (χ0) is 24.7. The van der Waals surface area contributed by atoms with Crippen LogP contribution in [0.5, 0.6) is 0 Å². The van der Waals surface area contributed by atoms with Crippen molar-refractivity contribution in [1.82, 2.24) is 4.90 Å². The van der Waals surface area contributed by atoms with E-state index in [0.29, 0.717) is 85.0 Å². The normalized spacial score (nSPS) is 15.5. The third-order valence-corrected chi connectivity index (χ3v) is 6.75. The van der Waals surface area contributed by atoms with Crippen LogP contribution in [0.1, 0.15) is 28.4 Å². The molecule has 0 radical (unpaired) electrons. The molecule has 0 aliphatic carbocycles. The number of benzene rings is 2. The molecule has 3 heterocycles. The van der Waals surface area contributed by atoms with E-state index in [1.54, 1.807) is 24.1 Å². The van der Waals surface area contributed by atoms with Gasteiger partial charge in [-0.3, -0.25) is 9.59 Å². The molecule has 1 amide bonds. The fourth-order valence-corrected chi connectivity index (χ4v) is 4.72. The number of amides is 1. The van der Waals surface area contributed by atoms with Crippen LogP contribution in [0.4, 0.5) is 20.4 Å². The Hall–Kier alpha value is -3.46. The van der Waals surface area contributed by atoms with Crippen molar-refractivity contribution in [2.24, 2.45) is 0 Å². The summed E-state index contributed by atoms with van der Waals surface area (Å²) in [6.45, 7) is 5.36. The minimum atomic E-state index is -0.646. The number of nitrogens with zero attached hydrogens (tertiary/aromatic N) is 3. The van der Waals surface area contributed by atoms with E-state index in [9.17, 15) is 18.4 Å². The molecule has 184 valence electrons. The second-order valence-corrected chi connectivity index (χ2v) is 8.94. The number of fused-ring (bicyclic) bond motifs is 2. The topological polar surface area (TPSA) is 66.2 Å². The summed E-state index contributed by atoms with van der Waals surface area (Å²) in [5.74, 6) is -0.989. The average Bonchev–Trinajstić information content (AvgIpc) is 3.26. The van der Waals surface area contributed by atoms with Gasteiger partial charge in [0.2, 0.25) is 0 Å². The van der Waals surface area contributed by atoms with Crippen LogP contribution in [-0.2, 0) is 17.7 Å². The van der Waals surface area contributed by atoms with E-state index in [1.807, 2.05) is 16.7 Å². The van der Waals surface area contributed by atoms with Crippen LogP contribution in [0.2, 0.25) is 0 Å². The van der Waals surface area contributed by atoms with Gasteiger partial charge in [-0.05, 0) is 31.5 Å². The van der Waals surface area contributed by atoms with Gasteiger partial charge >= 0.3 is 0 Å². The van der Waals surface area contributed by atoms with Crippen molar-refractivity contribution in [3.63, 3.8) is 0 Å². The molecule has 7 nitrogen and oxygen atoms in total. The Morgan fingerprint density at radius 3 is 2.60 bits per heavy atom. The van der Waals surface area contributed by atoms with Gasteiger partial charge in [0, 0.05) is 74.3 Å². The Kier molecular flexibility index (Phi) is 6.19. The first-order chi connectivity index (χ1) is 16.9. The number of carbonyl (C=O) groups excluding carboxylic acids is 1. The average molecular weight is 484 g/mol. The molecule has 5 rings (SSSR count). The first-order valence-electron chi connectivity index (χ1n) is 11.8. The second-order valence-electron chi connectivity index (χ2n) is 8.94. The minimum absolute atomic E-state index is 0.216. The lowest BCUT2D eigenvalue weighted by Crippen LogP contribution is -2.36. The van der Waals surface area contributed by atoms with E-state index in [2.05, 4.69) is 0 Å². The first-order valence-corrected chi connectivity index (χ1v) is 11.8. The van der Waals surface area contributed by atoms with Gasteiger partial charge in [0.1, 0.15) is 17.2 Å². The standard InChI is InChI=1S/C26H27F2N3O4/c1-3-29(2)26(33)16-10-17(15-31-5-4-19-21(28)12-18(27)13-22(19)31)25-20(11-16)23(32)14-24(35-25)30-6-8-34-9-7-30/h10-14H,3-9,15H2,1-2H3. The summed E-state index contributed by atoms with van der Waals surface area (Å²) in [6, 6.07) is 6.95. The molecule has 1 fully saturated rings. The van der Waals surface area contributed by atoms with Crippen molar-refractivity contribution in [1.29, 1.82) is 0 Å². The van der Waals surface area contributed by atoms with Gasteiger partial charge in [-0.15, -0.1) is 0 Å². The van der Waals surface area contributed by atoms with Crippen molar-refractivity contribution < 1.29 is 22.7 Å². The highest BCUT2D eigenvalue weighted by molar-refractivity contribution is 5.98. The number of rotatable bonds is 5. The van der Waals surface area contributed by atoms with Gasteiger partial charge in [0.25, 0.3) is 5.91 Å². The van der Waals surface area contributed by atoms with Crippen molar-refractivity contribution in [2.75, 3.05) is 56.2 Å². The Bertz CT molecular complexity index is 1350. The van der Waals surface area contributed by atoms with Crippen molar-refractivity contribution in [3.05, 3.63) is 68.9 Å². The summed E-state index contributed by atoms with van der Waals surface area (Å²) in [7, 11) is 1.69. The Labute approximate surface area is 201 Å². The zero-order valence-electron chi connectivity index (χ0n) is 19.8. The molecule has 1 saturated heterocycles. The molecule has 9 heteroatoms. The molecule has 0 unspecified atom stereocenters. The molecule has 0 spiro atoms. The highest BCUT2D eigenvalue weighted by Crippen LogP contribution is 2.34. The highest BCUT2D eigenvalue weighted by atomic mass is 19.1. The molecule has 3 aromatic rings. The van der Waals surface area contributed by atoms with E-state index in [1.165, 1.54) is 12.1 Å². The summed E-state index contributed by atoms with van der Waals surface area (Å²) in [5, 5.41) is 0.303. The van der Waals surface area contributed by atoms with E-state index in [0.717, 1.165) is 6.07 Å². The molecule has 0 N–H and O–H groups in total. The Morgan fingerprint density at radius 1 is 1.09 bits per heavy atom. The molecule has 2 aliphatic rings. The highest BCUT2D eigenvalue weighted by Gasteiger charge is 2.26. The maximum Gasteiger partial charge on any atom is 0.253 e. The maximum absolute atomic E-state index is 14.3. The Morgan fingerprint density at radius 2 is 1.86 bits per heavy atom. The van der Waals surface area contributed by atoms with Crippen LogP contribution in [0.3, 0.4) is 0 Å². The van der Waals surface area contributed by atoms with Crippen LogP contribution in [0.15, 0.2) is 39.5 Å². The summed E-state index contributed by atoms with van der Waals surface area (Å²) >= 11 is 0. The van der Waals surface area contributed by atoms with Gasteiger partial charge in [-0.2, -0.15) is 0 Å². The maximum atomic E-state index is 14.3. The SMILES string of the molecule is CCN(C)C(=O)c1cc(CN2CCc3c(F)cc(F)cc32)c2oc(N3CCOCC3)cc(=O)c2c1. The van der Waals surface area contributed by atoms with E-state index in [4.69, 9.17) is 9.15 Å². The fraction of sp³-hybridized carbons (Fsp3) is 0.385. The summed E-state index contributed by atoms with van der Waals surface area (Å²) < 4.78 is 40.0. The molecule has 0 saturated carbocycles. The number of hydrogen-bond donors (Lipinski definition) is 0. The number of ether oxygens (including phenoxy) is 1. The lowest BCUT2D eigenvalue weighted by molar-refractivity contribution is 0.0802. The van der Waals surface area contributed by atoms with Crippen LogP contribution >= 0.6 is 0 Å². The summed E-state index contributed by atoms with van der Waals surface area (Å²) in [4.78, 5) is 31.5. The van der Waals surface area contributed by atoms with Gasteiger partial charge in [-0.25, -0.2) is 8.78 Å². The zero-order valence-corrected chi connectivity index (χ0v) is 19.8. The predicted molar refractivity (Wildman–Crippen MR) is 129 cm³/mol. The number of carbonyl (C=O) groups is 1. The smallest absolute Gasteiger partial charge is 0.253 e. The van der Waals surface area contributed by atoms with E-state index in [-0.39, 0.29) is 17.9 Å². The van der Waals surface area contributed by atoms with Crippen molar-refractivity contribution in [2.45, 2.75) is 19.9 Å². The third-order valence-electron chi connectivity index (χ3n) is 6.75.